The lowest BCUT2D eigenvalue weighted by molar-refractivity contribution is -0.151. The first kappa shape index (κ1) is 26.8. The fraction of sp³-hybridized carbons (Fsp3) is 0.577. The van der Waals surface area contributed by atoms with Gasteiger partial charge in [-0.05, 0) is 31.4 Å². The van der Waals surface area contributed by atoms with E-state index in [0.29, 0.717) is 31.3 Å². The summed E-state index contributed by atoms with van der Waals surface area (Å²) in [5, 5.41) is 27.5. The molecule has 3 fully saturated rings. The number of aliphatic hydroxyl groups excluding tert-OH is 1. The van der Waals surface area contributed by atoms with Crippen molar-refractivity contribution in [3.8, 4) is 0 Å². The van der Waals surface area contributed by atoms with Crippen LogP contribution in [0.4, 0.5) is 0 Å². The molecule has 2 amide bonds. The van der Waals surface area contributed by atoms with Gasteiger partial charge >= 0.3 is 5.97 Å². The van der Waals surface area contributed by atoms with Crippen LogP contribution in [-0.4, -0.2) is 95.1 Å². The zero-order valence-corrected chi connectivity index (χ0v) is 22.6. The largest absolute Gasteiger partial charge is 0.481 e. The highest BCUT2D eigenvalue weighted by molar-refractivity contribution is 9.09. The van der Waals surface area contributed by atoms with E-state index in [1.165, 1.54) is 0 Å². The Morgan fingerprint density at radius 2 is 2.03 bits per heavy atom. The number of para-hydroxylation sites is 1. The van der Waals surface area contributed by atoms with Crippen LogP contribution in [0, 0.1) is 11.8 Å². The Balaban J connectivity index is 1.48. The number of unbranched alkanes of at least 4 members (excludes halogenated alkanes) is 3. The highest BCUT2D eigenvalue weighted by Gasteiger charge is 2.76. The zero-order valence-electron chi connectivity index (χ0n) is 21.0. The Labute approximate surface area is 228 Å². The van der Waals surface area contributed by atoms with E-state index < -0.39 is 35.6 Å². The number of carboxylic acids is 1. The quantitative estimate of drug-likeness (QED) is 0.217. The summed E-state index contributed by atoms with van der Waals surface area (Å²) in [5.74, 6) is -3.72. The van der Waals surface area contributed by atoms with Crippen LogP contribution in [0.1, 0.15) is 32.1 Å². The van der Waals surface area contributed by atoms with Crippen LogP contribution in [0.25, 0.3) is 11.0 Å². The number of halogens is 1. The van der Waals surface area contributed by atoms with E-state index in [0.717, 1.165) is 18.4 Å². The van der Waals surface area contributed by atoms with E-state index in [1.807, 2.05) is 24.3 Å². The third kappa shape index (κ3) is 4.32. The minimum atomic E-state index is -1.23. The van der Waals surface area contributed by atoms with Gasteiger partial charge in [0.1, 0.15) is 23.8 Å². The third-order valence-corrected chi connectivity index (χ3v) is 8.85. The number of nitrogens with zero attached hydrogens (tertiary/aromatic N) is 5. The van der Waals surface area contributed by atoms with Gasteiger partial charge in [0.2, 0.25) is 11.8 Å². The molecule has 1 spiro atoms. The SMILES string of the molecule is C=CCN(Cn1nnc2ccccc21)C(=O)[C@H]1N(CCCCCCO)C(=O)[C@@H]2[C@@H](C(=O)O)[C@@H]3O[C@@]21CC3Br. The van der Waals surface area contributed by atoms with Crippen molar-refractivity contribution in [2.75, 3.05) is 19.7 Å². The van der Waals surface area contributed by atoms with Crippen LogP contribution in [0.3, 0.4) is 0 Å². The van der Waals surface area contributed by atoms with E-state index in [-0.39, 0.29) is 36.5 Å². The average Bonchev–Trinajstić information content (AvgIpc) is 3.61. The Morgan fingerprint density at radius 3 is 2.76 bits per heavy atom. The first-order chi connectivity index (χ1) is 18.3. The van der Waals surface area contributed by atoms with Gasteiger partial charge in [-0.1, -0.05) is 52.2 Å². The smallest absolute Gasteiger partial charge is 0.310 e. The minimum Gasteiger partial charge on any atom is -0.481 e. The molecule has 3 saturated heterocycles. The maximum Gasteiger partial charge on any atom is 0.310 e. The summed E-state index contributed by atoms with van der Waals surface area (Å²) in [6.45, 7) is 4.51. The highest BCUT2D eigenvalue weighted by atomic mass is 79.9. The standard InChI is InChI=1S/C26H32BrN5O6/c1-2-11-30(15-32-18-10-6-5-9-17(18)28-29-32)24(35)22-26-14-16(27)21(38-26)19(25(36)37)20(26)23(34)31(22)12-7-3-4-8-13-33/h2,5-6,9-10,16,19-22,33H,1,3-4,7-8,11-15H2,(H,36,37)/t16?,19-,20+,21-,22-,26+/m1/s1. The number of benzene rings is 1. The molecule has 1 unspecified atom stereocenters. The van der Waals surface area contributed by atoms with Gasteiger partial charge in [-0.25, -0.2) is 4.68 Å². The molecule has 12 heteroatoms. The number of fused-ring (bicyclic) bond motifs is 2. The second-order valence-electron chi connectivity index (χ2n) is 10.2. The van der Waals surface area contributed by atoms with Crippen LogP contribution in [0.15, 0.2) is 36.9 Å². The Bertz CT molecular complexity index is 1240. The molecule has 38 heavy (non-hydrogen) atoms. The van der Waals surface area contributed by atoms with Gasteiger partial charge < -0.3 is 24.7 Å². The van der Waals surface area contributed by atoms with Crippen molar-refractivity contribution < 1.29 is 29.3 Å². The monoisotopic (exact) mass is 589 g/mol. The van der Waals surface area contributed by atoms with Gasteiger partial charge in [0.05, 0.1) is 23.5 Å². The van der Waals surface area contributed by atoms with Crippen molar-refractivity contribution in [2.45, 2.75) is 61.3 Å². The number of rotatable bonds is 12. The molecule has 0 radical (unpaired) electrons. The van der Waals surface area contributed by atoms with Gasteiger partial charge in [-0.3, -0.25) is 14.4 Å². The zero-order chi connectivity index (χ0) is 27.0. The number of aromatic nitrogens is 3. The number of alkyl halides is 1. The molecule has 3 aliphatic rings. The predicted octanol–water partition coefficient (Wildman–Crippen LogP) is 1.79. The second-order valence-corrected chi connectivity index (χ2v) is 11.4. The number of ether oxygens (including phenoxy) is 1. The molecular formula is C26H32BrN5O6. The number of hydrogen-bond acceptors (Lipinski definition) is 7. The molecule has 1 aromatic heterocycles. The lowest BCUT2D eigenvalue weighted by Crippen LogP contribution is -2.57. The lowest BCUT2D eigenvalue weighted by Gasteiger charge is -2.37. The molecular weight excluding hydrogens is 558 g/mol. The number of aliphatic carboxylic acids is 1. The van der Waals surface area contributed by atoms with Gasteiger partial charge in [0.15, 0.2) is 0 Å². The molecule has 0 aliphatic carbocycles. The molecule has 2 aromatic rings. The number of amides is 2. The highest BCUT2D eigenvalue weighted by Crippen LogP contribution is 2.60. The third-order valence-electron chi connectivity index (χ3n) is 8.00. The molecule has 1 aromatic carbocycles. The first-order valence-corrected chi connectivity index (χ1v) is 13.9. The number of likely N-dealkylation sites (tertiary alicyclic amines) is 1. The molecule has 4 heterocycles. The average molecular weight is 590 g/mol. The van der Waals surface area contributed by atoms with Gasteiger partial charge in [0.25, 0.3) is 0 Å². The Kier molecular flexibility index (Phi) is 7.56. The summed E-state index contributed by atoms with van der Waals surface area (Å²) < 4.78 is 7.98. The fourth-order valence-electron chi connectivity index (χ4n) is 6.41. The number of carbonyl (C=O) groups excluding carboxylic acids is 2. The van der Waals surface area contributed by atoms with Crippen molar-refractivity contribution in [2.24, 2.45) is 11.8 Å². The molecule has 3 aliphatic heterocycles. The maximum absolute atomic E-state index is 14.3. The van der Waals surface area contributed by atoms with Crippen LogP contribution in [0.5, 0.6) is 0 Å². The molecule has 6 atom stereocenters. The van der Waals surface area contributed by atoms with Gasteiger partial charge in [0, 0.05) is 24.5 Å². The van der Waals surface area contributed by atoms with E-state index in [1.54, 1.807) is 20.6 Å². The Morgan fingerprint density at radius 1 is 1.26 bits per heavy atom. The summed E-state index contributed by atoms with van der Waals surface area (Å²) >= 11 is 3.57. The second kappa shape index (κ2) is 10.7. The first-order valence-electron chi connectivity index (χ1n) is 13.0. The van der Waals surface area contributed by atoms with Crippen LogP contribution >= 0.6 is 15.9 Å². The number of carboxylic acid groups (broad SMARTS) is 1. The summed E-state index contributed by atoms with van der Waals surface area (Å²) in [6, 6.07) is 6.46. The van der Waals surface area contributed by atoms with E-state index in [4.69, 9.17) is 9.84 Å². The lowest BCUT2D eigenvalue weighted by atomic mass is 9.70. The van der Waals surface area contributed by atoms with Crippen LogP contribution < -0.4 is 0 Å². The number of hydrogen-bond donors (Lipinski definition) is 2. The van der Waals surface area contributed by atoms with Crippen LogP contribution in [-0.2, 0) is 25.8 Å². The number of carbonyl (C=O) groups is 3. The normalized spacial score (nSPS) is 29.7. The molecule has 5 rings (SSSR count). The summed E-state index contributed by atoms with van der Waals surface area (Å²) in [6.07, 6.45) is 4.16. The Hall–Kier alpha value is -2.83. The summed E-state index contributed by atoms with van der Waals surface area (Å²) in [5.41, 5.74) is 0.227. The van der Waals surface area contributed by atoms with Gasteiger partial charge in [-0.2, -0.15) is 0 Å². The van der Waals surface area contributed by atoms with E-state index in [2.05, 4.69) is 32.8 Å². The van der Waals surface area contributed by atoms with Crippen molar-refractivity contribution >= 4 is 44.7 Å². The molecule has 2 N–H and O–H groups in total. The van der Waals surface area contributed by atoms with Crippen molar-refractivity contribution in [3.05, 3.63) is 36.9 Å². The van der Waals surface area contributed by atoms with Crippen molar-refractivity contribution in [1.82, 2.24) is 24.8 Å². The van der Waals surface area contributed by atoms with Gasteiger partial charge in [-0.15, -0.1) is 11.7 Å². The maximum atomic E-state index is 14.3. The van der Waals surface area contributed by atoms with Crippen molar-refractivity contribution in [1.29, 1.82) is 0 Å². The van der Waals surface area contributed by atoms with E-state index >= 15 is 0 Å². The molecule has 0 saturated carbocycles. The van der Waals surface area contributed by atoms with Crippen LogP contribution in [0.2, 0.25) is 0 Å². The predicted molar refractivity (Wildman–Crippen MR) is 140 cm³/mol. The molecule has 11 nitrogen and oxygen atoms in total. The summed E-state index contributed by atoms with van der Waals surface area (Å²) in [4.78, 5) is 43.3. The minimum absolute atomic E-state index is 0.0880. The molecule has 204 valence electrons. The fourth-order valence-corrected chi connectivity index (χ4v) is 7.35. The van der Waals surface area contributed by atoms with E-state index in [9.17, 15) is 19.5 Å². The topological polar surface area (TPSA) is 138 Å². The van der Waals surface area contributed by atoms with Crippen molar-refractivity contribution in [3.63, 3.8) is 0 Å². The molecule has 2 bridgehead atoms. The number of aliphatic hydroxyl groups is 1. The summed E-state index contributed by atoms with van der Waals surface area (Å²) in [7, 11) is 0.